The molecule has 0 bridgehead atoms. The van der Waals surface area contributed by atoms with E-state index in [0.717, 1.165) is 28.8 Å². The zero-order chi connectivity index (χ0) is 18.6. The van der Waals surface area contributed by atoms with Crippen molar-refractivity contribution in [3.8, 4) is 5.82 Å². The Balaban J connectivity index is 1.71. The first-order chi connectivity index (χ1) is 12.3. The highest BCUT2D eigenvalue weighted by Crippen LogP contribution is 2.57. The number of amides is 1. The molecule has 2 heterocycles. The van der Waals surface area contributed by atoms with Crippen LogP contribution in [0.1, 0.15) is 54.9 Å². The van der Waals surface area contributed by atoms with Crippen molar-refractivity contribution in [2.75, 3.05) is 6.61 Å². The van der Waals surface area contributed by atoms with Gasteiger partial charge in [0, 0.05) is 16.2 Å². The van der Waals surface area contributed by atoms with Gasteiger partial charge in [0.1, 0.15) is 0 Å². The number of hydrogen-bond acceptors (Lipinski definition) is 5. The van der Waals surface area contributed by atoms with Gasteiger partial charge < -0.3 is 10.4 Å². The molecular formula is C18H24N5O3+. The van der Waals surface area contributed by atoms with Crippen LogP contribution in [0.5, 0.6) is 0 Å². The summed E-state index contributed by atoms with van der Waals surface area (Å²) in [6.45, 7) is 5.79. The molecule has 1 saturated carbocycles. The second-order valence-electron chi connectivity index (χ2n) is 8.30. The average molecular weight is 358 g/mol. The molecule has 2 aromatic heterocycles. The largest absolute Gasteiger partial charge is 0.394 e. The van der Waals surface area contributed by atoms with Gasteiger partial charge in [0.05, 0.1) is 24.5 Å². The second kappa shape index (κ2) is 5.77. The summed E-state index contributed by atoms with van der Waals surface area (Å²) in [6, 6.07) is -0.360. The van der Waals surface area contributed by atoms with Crippen molar-refractivity contribution in [2.24, 2.45) is 11.3 Å². The zero-order valence-corrected chi connectivity index (χ0v) is 15.2. The van der Waals surface area contributed by atoms with Gasteiger partial charge in [0.25, 0.3) is 12.1 Å². The van der Waals surface area contributed by atoms with E-state index in [0.29, 0.717) is 23.3 Å². The van der Waals surface area contributed by atoms with Crippen molar-refractivity contribution in [1.82, 2.24) is 20.1 Å². The summed E-state index contributed by atoms with van der Waals surface area (Å²) in [5.74, 6) is 1.18. The van der Waals surface area contributed by atoms with Crippen LogP contribution in [-0.2, 0) is 6.42 Å². The SMILES string of the molecule is CC(C)(C)[C@@H](CO)NC(=O)c1nn(-c2c[n+](O)ccn2)c2c1C[C@@H]1C[C@H]21. The highest BCUT2D eigenvalue weighted by Gasteiger charge is 2.50. The normalized spacial score (nSPS) is 21.8. The summed E-state index contributed by atoms with van der Waals surface area (Å²) in [4.78, 5) is 17.2. The molecule has 8 heteroatoms. The fourth-order valence-electron chi connectivity index (χ4n) is 3.72. The minimum absolute atomic E-state index is 0.131. The first kappa shape index (κ1) is 17.0. The molecule has 8 nitrogen and oxygen atoms in total. The third-order valence-electron chi connectivity index (χ3n) is 5.40. The molecule has 0 saturated heterocycles. The lowest BCUT2D eigenvalue weighted by Gasteiger charge is -2.29. The van der Waals surface area contributed by atoms with E-state index in [1.807, 2.05) is 20.8 Å². The molecule has 0 aliphatic heterocycles. The molecule has 2 aliphatic carbocycles. The molecule has 138 valence electrons. The summed E-state index contributed by atoms with van der Waals surface area (Å²) in [5, 5.41) is 26.8. The maximum absolute atomic E-state index is 12.9. The zero-order valence-electron chi connectivity index (χ0n) is 15.2. The van der Waals surface area contributed by atoms with Crippen LogP contribution in [0.3, 0.4) is 0 Å². The second-order valence-corrected chi connectivity index (χ2v) is 8.30. The molecule has 1 amide bonds. The number of carbonyl (C=O) groups is 1. The van der Waals surface area contributed by atoms with Crippen LogP contribution in [0.2, 0.25) is 0 Å². The van der Waals surface area contributed by atoms with Crippen molar-refractivity contribution in [1.29, 1.82) is 0 Å². The summed E-state index contributed by atoms with van der Waals surface area (Å²) < 4.78 is 2.61. The Morgan fingerprint density at radius 2 is 2.27 bits per heavy atom. The van der Waals surface area contributed by atoms with Crippen LogP contribution in [0.15, 0.2) is 18.6 Å². The van der Waals surface area contributed by atoms with Crippen LogP contribution in [-0.4, -0.2) is 43.6 Å². The average Bonchev–Trinajstić information content (AvgIpc) is 3.07. The molecule has 3 atom stereocenters. The molecule has 0 unspecified atom stereocenters. The van der Waals surface area contributed by atoms with Crippen molar-refractivity contribution in [3.63, 3.8) is 0 Å². The third kappa shape index (κ3) is 2.74. The standard InChI is InChI=1S/C18H23N5O3/c1-18(2,3)13(9-24)20-17(25)15-12-7-10-6-11(10)16(12)23(21-15)14-8-22(26)5-4-19-14/h4-5,8,10-11,13,24H,6-7,9H2,1-3H3,(H-,19,20,25,26)/p+1/t10-,11-,13+/m0/s1. The Labute approximate surface area is 151 Å². The van der Waals surface area contributed by atoms with Crippen molar-refractivity contribution in [2.45, 2.75) is 45.6 Å². The van der Waals surface area contributed by atoms with Gasteiger partial charge in [0.15, 0.2) is 5.69 Å². The molecule has 2 aromatic rings. The monoisotopic (exact) mass is 358 g/mol. The number of nitrogens with zero attached hydrogens (tertiary/aromatic N) is 4. The van der Waals surface area contributed by atoms with Crippen LogP contribution in [0, 0.1) is 11.3 Å². The van der Waals surface area contributed by atoms with Crippen molar-refractivity contribution < 1.29 is 19.8 Å². The van der Waals surface area contributed by atoms with Gasteiger partial charge in [0.2, 0.25) is 12.0 Å². The lowest BCUT2D eigenvalue weighted by Crippen LogP contribution is -2.46. The summed E-state index contributed by atoms with van der Waals surface area (Å²) in [7, 11) is 0. The molecule has 0 aromatic carbocycles. The maximum atomic E-state index is 12.9. The van der Waals surface area contributed by atoms with E-state index in [9.17, 15) is 15.1 Å². The molecule has 26 heavy (non-hydrogen) atoms. The smallest absolute Gasteiger partial charge is 0.272 e. The first-order valence-electron chi connectivity index (χ1n) is 8.90. The molecule has 1 fully saturated rings. The Kier molecular flexibility index (Phi) is 3.76. The van der Waals surface area contributed by atoms with Gasteiger partial charge in [-0.25, -0.2) is 9.67 Å². The summed E-state index contributed by atoms with van der Waals surface area (Å²) in [5.41, 5.74) is 2.12. The van der Waals surface area contributed by atoms with E-state index < -0.39 is 0 Å². The Morgan fingerprint density at radius 3 is 2.92 bits per heavy atom. The van der Waals surface area contributed by atoms with Crippen LogP contribution in [0.25, 0.3) is 5.82 Å². The van der Waals surface area contributed by atoms with Gasteiger partial charge >= 0.3 is 0 Å². The number of fused-ring (bicyclic) bond motifs is 3. The molecule has 0 radical (unpaired) electrons. The summed E-state index contributed by atoms with van der Waals surface area (Å²) in [6.07, 6.45) is 6.33. The maximum Gasteiger partial charge on any atom is 0.272 e. The number of aliphatic hydroxyl groups is 1. The van der Waals surface area contributed by atoms with E-state index in [1.165, 1.54) is 18.6 Å². The fraction of sp³-hybridized carbons (Fsp3) is 0.556. The highest BCUT2D eigenvalue weighted by atomic mass is 16.5. The minimum atomic E-state index is -0.360. The first-order valence-corrected chi connectivity index (χ1v) is 8.90. The van der Waals surface area contributed by atoms with Gasteiger partial charge in [-0.1, -0.05) is 20.8 Å². The van der Waals surface area contributed by atoms with Crippen molar-refractivity contribution in [3.05, 3.63) is 35.5 Å². The Hall–Kier alpha value is -2.48. The molecular weight excluding hydrogens is 334 g/mol. The van der Waals surface area contributed by atoms with Crippen LogP contribution < -0.4 is 10.0 Å². The van der Waals surface area contributed by atoms with Gasteiger partial charge in [-0.05, 0) is 24.2 Å². The van der Waals surface area contributed by atoms with E-state index in [2.05, 4.69) is 15.4 Å². The number of nitrogens with one attached hydrogen (secondary N) is 1. The minimum Gasteiger partial charge on any atom is -0.394 e. The number of rotatable bonds is 4. The fourth-order valence-corrected chi connectivity index (χ4v) is 3.72. The quantitative estimate of drug-likeness (QED) is 0.548. The van der Waals surface area contributed by atoms with Gasteiger partial charge in [-0.2, -0.15) is 5.10 Å². The molecule has 2 aliphatic rings. The van der Waals surface area contributed by atoms with Gasteiger partial charge in [-0.15, -0.1) is 0 Å². The molecule has 0 spiro atoms. The topological polar surface area (TPSA) is 104 Å². The van der Waals surface area contributed by atoms with Crippen molar-refractivity contribution >= 4 is 5.91 Å². The van der Waals surface area contributed by atoms with E-state index >= 15 is 0 Å². The highest BCUT2D eigenvalue weighted by molar-refractivity contribution is 5.94. The number of aliphatic hydroxyl groups excluding tert-OH is 1. The predicted octanol–water partition coefficient (Wildman–Crippen LogP) is 0.589. The van der Waals surface area contributed by atoms with E-state index in [4.69, 9.17) is 0 Å². The summed E-state index contributed by atoms with van der Waals surface area (Å²) >= 11 is 0. The lowest BCUT2D eigenvalue weighted by molar-refractivity contribution is -0.904. The number of hydrogen-bond donors (Lipinski definition) is 3. The lowest BCUT2D eigenvalue weighted by atomic mass is 9.87. The Bertz CT molecular complexity index is 870. The van der Waals surface area contributed by atoms with Crippen LogP contribution >= 0.6 is 0 Å². The third-order valence-corrected chi connectivity index (χ3v) is 5.40. The number of aromatic nitrogens is 4. The van der Waals surface area contributed by atoms with E-state index in [1.54, 1.807) is 4.68 Å². The molecule has 3 N–H and O–H groups in total. The van der Waals surface area contributed by atoms with Crippen LogP contribution in [0.4, 0.5) is 0 Å². The molecule has 4 rings (SSSR count). The predicted molar refractivity (Wildman–Crippen MR) is 91.1 cm³/mol. The van der Waals surface area contributed by atoms with E-state index in [-0.39, 0.29) is 24.0 Å². The number of carbonyl (C=O) groups excluding carboxylic acids is 1. The van der Waals surface area contributed by atoms with Gasteiger partial charge in [-0.3, -0.25) is 10.0 Å². The Morgan fingerprint density at radius 1 is 1.50 bits per heavy atom.